The van der Waals surface area contributed by atoms with Crippen molar-refractivity contribution < 1.29 is 13.9 Å². The molecule has 0 aliphatic heterocycles. The Morgan fingerprint density at radius 1 is 1.23 bits per heavy atom. The van der Waals surface area contributed by atoms with Gasteiger partial charge in [-0.2, -0.15) is 11.8 Å². The van der Waals surface area contributed by atoms with Gasteiger partial charge in [0.15, 0.2) is 11.4 Å². The van der Waals surface area contributed by atoms with Gasteiger partial charge in [-0.1, -0.05) is 0 Å². The molecule has 0 bridgehead atoms. The van der Waals surface area contributed by atoms with Crippen LogP contribution in [0.25, 0.3) is 28.1 Å². The summed E-state index contributed by atoms with van der Waals surface area (Å²) >= 11 is 1.80. The van der Waals surface area contributed by atoms with Crippen LogP contribution in [0.5, 0.6) is 11.8 Å². The summed E-state index contributed by atoms with van der Waals surface area (Å²) < 4.78 is 18.7. The third-order valence-electron chi connectivity index (χ3n) is 3.94. The lowest BCUT2D eigenvalue weighted by molar-refractivity contribution is 0.302. The van der Waals surface area contributed by atoms with Crippen LogP contribution in [0.2, 0.25) is 0 Å². The Kier molecular flexibility index (Phi) is 4.66. The Balaban J connectivity index is 1.70. The SMILES string of the molecule is COc1nccc2oc(-c3cnc4ccc(OCCCSC)nn34)cc12. The molecule has 4 aromatic heterocycles. The second-order valence-electron chi connectivity index (χ2n) is 5.62. The molecule has 4 rings (SSSR count). The summed E-state index contributed by atoms with van der Waals surface area (Å²) in [5, 5.41) is 5.35. The van der Waals surface area contributed by atoms with E-state index in [1.54, 1.807) is 41.8 Å². The van der Waals surface area contributed by atoms with Crippen LogP contribution >= 0.6 is 11.8 Å². The highest BCUT2D eigenvalue weighted by molar-refractivity contribution is 7.98. The molecule has 0 N–H and O–H groups in total. The van der Waals surface area contributed by atoms with Crippen LogP contribution in [-0.4, -0.2) is 45.3 Å². The molecule has 0 aliphatic rings. The van der Waals surface area contributed by atoms with E-state index in [-0.39, 0.29) is 0 Å². The van der Waals surface area contributed by atoms with E-state index in [1.807, 2.05) is 18.2 Å². The lowest BCUT2D eigenvalue weighted by atomic mass is 10.3. The Hall–Kier alpha value is -2.74. The highest BCUT2D eigenvalue weighted by Gasteiger charge is 2.15. The molecular weight excluding hydrogens is 352 g/mol. The van der Waals surface area contributed by atoms with Crippen LogP contribution in [0.3, 0.4) is 0 Å². The molecule has 4 aromatic rings. The molecule has 0 amide bonds. The number of imidazole rings is 1. The maximum atomic E-state index is 5.95. The first-order chi connectivity index (χ1) is 12.8. The van der Waals surface area contributed by atoms with Gasteiger partial charge in [0.25, 0.3) is 0 Å². The van der Waals surface area contributed by atoms with Gasteiger partial charge < -0.3 is 13.9 Å². The van der Waals surface area contributed by atoms with Gasteiger partial charge in [-0.05, 0) is 30.6 Å². The summed E-state index contributed by atoms with van der Waals surface area (Å²) in [6.07, 6.45) is 6.45. The number of thioether (sulfide) groups is 1. The fourth-order valence-electron chi connectivity index (χ4n) is 2.71. The smallest absolute Gasteiger partial charge is 0.231 e. The van der Waals surface area contributed by atoms with Gasteiger partial charge in [0.05, 0.1) is 25.3 Å². The van der Waals surface area contributed by atoms with Gasteiger partial charge in [-0.3, -0.25) is 0 Å². The first-order valence-corrected chi connectivity index (χ1v) is 9.59. The molecule has 0 atom stereocenters. The van der Waals surface area contributed by atoms with Crippen molar-refractivity contribution >= 4 is 28.4 Å². The number of nitrogens with zero attached hydrogens (tertiary/aromatic N) is 4. The highest BCUT2D eigenvalue weighted by Crippen LogP contribution is 2.32. The zero-order valence-electron chi connectivity index (χ0n) is 14.5. The van der Waals surface area contributed by atoms with E-state index in [1.165, 1.54) is 0 Å². The van der Waals surface area contributed by atoms with Gasteiger partial charge in [-0.25, -0.2) is 14.5 Å². The van der Waals surface area contributed by atoms with Crippen molar-refractivity contribution in [2.24, 2.45) is 0 Å². The maximum absolute atomic E-state index is 5.95. The van der Waals surface area contributed by atoms with E-state index < -0.39 is 0 Å². The molecule has 8 heteroatoms. The van der Waals surface area contributed by atoms with Crippen molar-refractivity contribution in [1.82, 2.24) is 19.6 Å². The maximum Gasteiger partial charge on any atom is 0.231 e. The van der Waals surface area contributed by atoms with Crippen LogP contribution in [-0.2, 0) is 0 Å². The minimum Gasteiger partial charge on any atom is -0.480 e. The number of ether oxygens (including phenoxy) is 2. The first kappa shape index (κ1) is 16.7. The molecule has 0 saturated carbocycles. The van der Waals surface area contributed by atoms with Crippen molar-refractivity contribution in [3.63, 3.8) is 0 Å². The van der Waals surface area contributed by atoms with Crippen LogP contribution in [0.4, 0.5) is 0 Å². The molecule has 0 radical (unpaired) electrons. The van der Waals surface area contributed by atoms with Crippen molar-refractivity contribution in [3.8, 4) is 23.2 Å². The van der Waals surface area contributed by atoms with E-state index in [0.717, 1.165) is 28.9 Å². The van der Waals surface area contributed by atoms with Crippen molar-refractivity contribution in [2.75, 3.05) is 25.7 Å². The normalized spacial score (nSPS) is 11.3. The second kappa shape index (κ2) is 7.25. The number of methoxy groups -OCH3 is 1. The van der Waals surface area contributed by atoms with Crippen LogP contribution in [0, 0.1) is 0 Å². The average molecular weight is 370 g/mol. The van der Waals surface area contributed by atoms with Gasteiger partial charge in [0, 0.05) is 18.3 Å². The summed E-state index contributed by atoms with van der Waals surface area (Å²) in [6.45, 7) is 0.636. The number of aromatic nitrogens is 4. The molecule has 26 heavy (non-hydrogen) atoms. The van der Waals surface area contributed by atoms with E-state index in [2.05, 4.69) is 21.3 Å². The Bertz CT molecular complexity index is 1040. The third-order valence-corrected chi connectivity index (χ3v) is 4.63. The molecule has 0 fully saturated rings. The van der Waals surface area contributed by atoms with Crippen LogP contribution in [0.15, 0.2) is 41.1 Å². The van der Waals surface area contributed by atoms with Gasteiger partial charge in [0.2, 0.25) is 11.8 Å². The highest BCUT2D eigenvalue weighted by atomic mass is 32.2. The van der Waals surface area contributed by atoms with E-state index in [0.29, 0.717) is 29.7 Å². The zero-order valence-corrected chi connectivity index (χ0v) is 15.3. The lowest BCUT2D eigenvalue weighted by Crippen LogP contribution is -2.03. The number of hydrogen-bond donors (Lipinski definition) is 0. The number of pyridine rings is 1. The molecule has 0 spiro atoms. The summed E-state index contributed by atoms with van der Waals surface area (Å²) in [4.78, 5) is 8.60. The molecule has 0 unspecified atom stereocenters. The number of fused-ring (bicyclic) bond motifs is 2. The molecule has 4 heterocycles. The summed E-state index contributed by atoms with van der Waals surface area (Å²) in [5.74, 6) is 2.80. The standard InChI is InChI=1S/C18H18N4O3S/c1-23-18-12-10-15(25-14(12)6-7-19-18)13-11-20-16-4-5-17(21-22(13)16)24-8-3-9-26-2/h4-7,10-11H,3,8-9H2,1-2H3. The van der Waals surface area contributed by atoms with Gasteiger partial charge in [-0.15, -0.1) is 5.10 Å². The fraction of sp³-hybridized carbons (Fsp3) is 0.278. The summed E-state index contributed by atoms with van der Waals surface area (Å²) in [6, 6.07) is 7.40. The third kappa shape index (κ3) is 3.08. The van der Waals surface area contributed by atoms with Crippen molar-refractivity contribution in [3.05, 3.63) is 36.7 Å². The van der Waals surface area contributed by atoms with Crippen molar-refractivity contribution in [1.29, 1.82) is 0 Å². The quantitative estimate of drug-likeness (QED) is 0.459. The van der Waals surface area contributed by atoms with Gasteiger partial charge in [0.1, 0.15) is 11.3 Å². The average Bonchev–Trinajstić information content (AvgIpc) is 3.28. The van der Waals surface area contributed by atoms with E-state index in [9.17, 15) is 0 Å². The minimum atomic E-state index is 0.525. The summed E-state index contributed by atoms with van der Waals surface area (Å²) in [5.41, 5.74) is 2.17. The Morgan fingerprint density at radius 2 is 2.15 bits per heavy atom. The topological polar surface area (TPSA) is 74.7 Å². The number of rotatable bonds is 7. The predicted molar refractivity (Wildman–Crippen MR) is 101 cm³/mol. The van der Waals surface area contributed by atoms with E-state index in [4.69, 9.17) is 13.9 Å². The van der Waals surface area contributed by atoms with Gasteiger partial charge >= 0.3 is 0 Å². The largest absolute Gasteiger partial charge is 0.480 e. The van der Waals surface area contributed by atoms with Crippen LogP contribution < -0.4 is 9.47 Å². The molecular formula is C18H18N4O3S. The predicted octanol–water partition coefficient (Wildman–Crippen LogP) is 3.68. The summed E-state index contributed by atoms with van der Waals surface area (Å²) in [7, 11) is 1.59. The minimum absolute atomic E-state index is 0.525. The molecule has 0 saturated heterocycles. The zero-order chi connectivity index (χ0) is 17.9. The lowest BCUT2D eigenvalue weighted by Gasteiger charge is -2.05. The Labute approximate surface area is 154 Å². The first-order valence-electron chi connectivity index (χ1n) is 8.19. The van der Waals surface area contributed by atoms with Crippen LogP contribution in [0.1, 0.15) is 6.42 Å². The fourth-order valence-corrected chi connectivity index (χ4v) is 3.12. The number of furan rings is 1. The molecule has 0 aliphatic carbocycles. The van der Waals surface area contributed by atoms with E-state index >= 15 is 0 Å². The number of hydrogen-bond acceptors (Lipinski definition) is 7. The monoisotopic (exact) mass is 370 g/mol. The molecule has 0 aromatic carbocycles. The molecule has 7 nitrogen and oxygen atoms in total. The molecule has 134 valence electrons. The second-order valence-corrected chi connectivity index (χ2v) is 6.61. The Morgan fingerprint density at radius 3 is 3.00 bits per heavy atom. The van der Waals surface area contributed by atoms with Crippen molar-refractivity contribution in [2.45, 2.75) is 6.42 Å².